The molecule has 33 heavy (non-hydrogen) atoms. The van der Waals surface area contributed by atoms with Crippen LogP contribution in [0.15, 0.2) is 83.8 Å². The number of aromatic amines is 1. The lowest BCUT2D eigenvalue weighted by atomic mass is 10.1. The molecule has 0 bridgehead atoms. The Morgan fingerprint density at radius 1 is 0.970 bits per heavy atom. The number of fused-ring (bicyclic) bond motifs is 4. The Labute approximate surface area is 187 Å². The van der Waals surface area contributed by atoms with Crippen molar-refractivity contribution >= 4 is 33.2 Å². The molecule has 0 unspecified atom stereocenters. The molecule has 3 heterocycles. The van der Waals surface area contributed by atoms with E-state index >= 15 is 0 Å². The SMILES string of the molecule is Cc1cccc(-c2nc3c4ccccc4n(CC(=O)c4c[nH]c5ccccc45)c(=O)n3n2)c1. The first-order chi connectivity index (χ1) is 16.1. The lowest BCUT2D eigenvalue weighted by molar-refractivity contribution is 0.0973. The summed E-state index contributed by atoms with van der Waals surface area (Å²) < 4.78 is 2.77. The molecule has 0 radical (unpaired) electrons. The second-order valence-electron chi connectivity index (χ2n) is 8.10. The second kappa shape index (κ2) is 7.27. The van der Waals surface area contributed by atoms with Gasteiger partial charge >= 0.3 is 5.69 Å². The smallest absolute Gasteiger partial charge is 0.351 e. The zero-order chi connectivity index (χ0) is 22.5. The largest absolute Gasteiger partial charge is 0.360 e. The Morgan fingerprint density at radius 3 is 2.61 bits per heavy atom. The number of rotatable bonds is 4. The number of nitrogens with one attached hydrogen (secondary N) is 1. The van der Waals surface area contributed by atoms with E-state index in [1.165, 1.54) is 9.08 Å². The Hall–Kier alpha value is -4.52. The van der Waals surface area contributed by atoms with Crippen molar-refractivity contribution in [2.24, 2.45) is 0 Å². The molecule has 0 saturated heterocycles. The molecule has 1 N–H and O–H groups in total. The summed E-state index contributed by atoms with van der Waals surface area (Å²) in [6.07, 6.45) is 1.70. The Morgan fingerprint density at radius 2 is 1.76 bits per heavy atom. The molecule has 0 saturated carbocycles. The van der Waals surface area contributed by atoms with Crippen LogP contribution >= 0.6 is 0 Å². The summed E-state index contributed by atoms with van der Waals surface area (Å²) in [4.78, 5) is 34.5. The third kappa shape index (κ3) is 3.05. The normalized spacial score (nSPS) is 11.5. The number of aryl methyl sites for hydroxylation is 1. The average molecular weight is 433 g/mol. The molecule has 0 fully saturated rings. The van der Waals surface area contributed by atoms with Crippen molar-refractivity contribution in [3.8, 4) is 11.4 Å². The summed E-state index contributed by atoms with van der Waals surface area (Å²) >= 11 is 0. The van der Waals surface area contributed by atoms with Crippen LogP contribution in [0.1, 0.15) is 15.9 Å². The van der Waals surface area contributed by atoms with Crippen LogP contribution in [0, 0.1) is 6.92 Å². The first-order valence-corrected chi connectivity index (χ1v) is 10.6. The maximum absolute atomic E-state index is 13.5. The lowest BCUT2D eigenvalue weighted by Crippen LogP contribution is -2.30. The first kappa shape index (κ1) is 19.2. The highest BCUT2D eigenvalue weighted by atomic mass is 16.2. The number of Topliss-reactive ketones (excluding diaryl/α,β-unsaturated/α-hetero) is 1. The van der Waals surface area contributed by atoms with Gasteiger partial charge in [-0.1, -0.05) is 54.1 Å². The Bertz CT molecular complexity index is 1760. The van der Waals surface area contributed by atoms with Gasteiger partial charge in [0.25, 0.3) is 0 Å². The highest BCUT2D eigenvalue weighted by Crippen LogP contribution is 2.23. The van der Waals surface area contributed by atoms with E-state index in [1.54, 1.807) is 6.20 Å². The predicted octanol–water partition coefficient (Wildman–Crippen LogP) is 4.38. The minimum atomic E-state index is -0.400. The third-order valence-electron chi connectivity index (χ3n) is 5.92. The molecule has 6 aromatic rings. The first-order valence-electron chi connectivity index (χ1n) is 10.6. The zero-order valence-electron chi connectivity index (χ0n) is 17.8. The molecule has 3 aromatic carbocycles. The summed E-state index contributed by atoms with van der Waals surface area (Å²) in [6.45, 7) is 1.90. The van der Waals surface area contributed by atoms with Crippen LogP contribution in [-0.4, -0.2) is 29.9 Å². The van der Waals surface area contributed by atoms with Gasteiger partial charge in [0, 0.05) is 33.6 Å². The number of aromatic nitrogens is 5. The molecule has 160 valence electrons. The van der Waals surface area contributed by atoms with Crippen molar-refractivity contribution in [1.82, 2.24) is 24.1 Å². The van der Waals surface area contributed by atoms with Gasteiger partial charge in [0.1, 0.15) is 0 Å². The number of nitrogens with zero attached hydrogens (tertiary/aromatic N) is 4. The van der Waals surface area contributed by atoms with E-state index in [0.29, 0.717) is 22.6 Å². The molecule has 7 nitrogen and oxygen atoms in total. The van der Waals surface area contributed by atoms with Gasteiger partial charge in [-0.2, -0.15) is 4.52 Å². The zero-order valence-corrected chi connectivity index (χ0v) is 17.8. The molecule has 0 aliphatic heterocycles. The summed E-state index contributed by atoms with van der Waals surface area (Å²) in [5, 5.41) is 6.11. The van der Waals surface area contributed by atoms with Crippen LogP contribution in [0.4, 0.5) is 0 Å². The molecule has 0 aliphatic rings. The van der Waals surface area contributed by atoms with Crippen LogP contribution < -0.4 is 5.69 Å². The van der Waals surface area contributed by atoms with Gasteiger partial charge in [0.15, 0.2) is 17.3 Å². The number of benzene rings is 3. The quantitative estimate of drug-likeness (QED) is 0.418. The van der Waals surface area contributed by atoms with Crippen molar-refractivity contribution in [3.05, 3.63) is 101 Å². The minimum Gasteiger partial charge on any atom is -0.360 e. The predicted molar refractivity (Wildman–Crippen MR) is 128 cm³/mol. The van der Waals surface area contributed by atoms with Gasteiger partial charge in [0.2, 0.25) is 0 Å². The highest BCUT2D eigenvalue weighted by molar-refractivity contribution is 6.08. The average Bonchev–Trinajstić information content (AvgIpc) is 3.47. The Kier molecular flexibility index (Phi) is 4.23. The summed E-state index contributed by atoms with van der Waals surface area (Å²) in [5.74, 6) is 0.319. The van der Waals surface area contributed by atoms with Crippen molar-refractivity contribution in [3.63, 3.8) is 0 Å². The third-order valence-corrected chi connectivity index (χ3v) is 5.92. The van der Waals surface area contributed by atoms with Crippen molar-refractivity contribution in [1.29, 1.82) is 0 Å². The highest BCUT2D eigenvalue weighted by Gasteiger charge is 2.19. The fourth-order valence-corrected chi connectivity index (χ4v) is 4.33. The molecule has 0 amide bonds. The van der Waals surface area contributed by atoms with Crippen molar-refractivity contribution in [2.75, 3.05) is 0 Å². The number of carbonyl (C=O) groups excluding carboxylic acids is 1. The monoisotopic (exact) mass is 433 g/mol. The van der Waals surface area contributed by atoms with Gasteiger partial charge in [-0.3, -0.25) is 9.36 Å². The van der Waals surface area contributed by atoms with Crippen LogP contribution in [0.5, 0.6) is 0 Å². The number of hydrogen-bond acceptors (Lipinski definition) is 4. The van der Waals surface area contributed by atoms with Crippen LogP contribution in [-0.2, 0) is 6.54 Å². The van der Waals surface area contributed by atoms with Gasteiger partial charge in [-0.15, -0.1) is 5.10 Å². The molecular formula is C26H19N5O2. The molecular weight excluding hydrogens is 414 g/mol. The minimum absolute atomic E-state index is 0.100. The molecule has 6 rings (SSSR count). The fraction of sp³-hybridized carbons (Fsp3) is 0.0769. The number of para-hydroxylation sites is 2. The van der Waals surface area contributed by atoms with E-state index < -0.39 is 5.69 Å². The maximum atomic E-state index is 13.5. The standard InChI is InChI=1S/C26H19N5O2/c1-16-7-6-8-17(13-16)24-28-25-19-10-3-5-12-22(19)30(26(33)31(25)29-24)15-23(32)20-14-27-21-11-4-2-9-18(20)21/h2-14,27H,15H2,1H3. The number of hydrogen-bond donors (Lipinski definition) is 1. The van der Waals surface area contributed by atoms with E-state index in [0.717, 1.165) is 27.4 Å². The maximum Gasteiger partial charge on any atom is 0.351 e. The second-order valence-corrected chi connectivity index (χ2v) is 8.10. The van der Waals surface area contributed by atoms with E-state index in [-0.39, 0.29) is 12.3 Å². The molecule has 0 aliphatic carbocycles. The van der Waals surface area contributed by atoms with Gasteiger partial charge < -0.3 is 4.98 Å². The van der Waals surface area contributed by atoms with E-state index in [9.17, 15) is 9.59 Å². The topological polar surface area (TPSA) is 85.0 Å². The number of carbonyl (C=O) groups is 1. The molecule has 3 aromatic heterocycles. The number of H-pyrrole nitrogens is 1. The van der Waals surface area contributed by atoms with E-state index in [1.807, 2.05) is 79.7 Å². The van der Waals surface area contributed by atoms with Gasteiger partial charge in [0.05, 0.1) is 12.1 Å². The number of ketones is 1. The lowest BCUT2D eigenvalue weighted by Gasteiger charge is -2.10. The summed E-state index contributed by atoms with van der Waals surface area (Å²) in [7, 11) is 0. The van der Waals surface area contributed by atoms with Crippen LogP contribution in [0.2, 0.25) is 0 Å². The van der Waals surface area contributed by atoms with Gasteiger partial charge in [-0.05, 0) is 31.2 Å². The van der Waals surface area contributed by atoms with Crippen molar-refractivity contribution < 1.29 is 4.79 Å². The molecule has 0 atom stereocenters. The molecule has 7 heteroatoms. The van der Waals surface area contributed by atoms with Crippen LogP contribution in [0.25, 0.3) is 38.8 Å². The summed E-state index contributed by atoms with van der Waals surface area (Å²) in [6, 6.07) is 22.9. The van der Waals surface area contributed by atoms with E-state index in [2.05, 4.69) is 15.1 Å². The fourth-order valence-electron chi connectivity index (χ4n) is 4.33. The van der Waals surface area contributed by atoms with Gasteiger partial charge in [-0.25, -0.2) is 9.78 Å². The Balaban J connectivity index is 1.53. The van der Waals surface area contributed by atoms with Crippen LogP contribution in [0.3, 0.4) is 0 Å². The van der Waals surface area contributed by atoms with Crippen molar-refractivity contribution in [2.45, 2.75) is 13.5 Å². The molecule has 0 spiro atoms. The van der Waals surface area contributed by atoms with E-state index in [4.69, 9.17) is 0 Å². The summed E-state index contributed by atoms with van der Waals surface area (Å²) in [5.41, 5.74) is 4.08.